The Hall–Kier alpha value is -0.650. The number of amides is 1. The van der Waals surface area contributed by atoms with Crippen LogP contribution in [0.1, 0.15) is 45.4 Å². The molecule has 0 bridgehead atoms. The molecule has 0 aromatic rings. The maximum absolute atomic E-state index is 12.2. The molecule has 1 saturated carbocycles. The van der Waals surface area contributed by atoms with Gasteiger partial charge >= 0.3 is 0 Å². The number of rotatable bonds is 7. The number of piperazine rings is 1. The highest BCUT2D eigenvalue weighted by Gasteiger charge is 2.32. The van der Waals surface area contributed by atoms with Gasteiger partial charge in [-0.3, -0.25) is 9.69 Å². The third-order valence-corrected chi connectivity index (χ3v) is 5.55. The van der Waals surface area contributed by atoms with Gasteiger partial charge in [-0.05, 0) is 31.3 Å². The highest BCUT2D eigenvalue weighted by atomic mass is 16.1. The van der Waals surface area contributed by atoms with Crippen molar-refractivity contribution in [1.29, 1.82) is 0 Å². The Bertz CT molecular complexity index is 334. The molecule has 0 radical (unpaired) electrons. The fraction of sp³-hybridized carbons (Fsp3) is 0.941. The first-order valence-corrected chi connectivity index (χ1v) is 9.09. The molecule has 0 unspecified atom stereocenters. The van der Waals surface area contributed by atoms with E-state index < -0.39 is 0 Å². The molecule has 128 valence electrons. The molecule has 2 aliphatic rings. The van der Waals surface area contributed by atoms with Crippen molar-refractivity contribution in [2.75, 3.05) is 52.4 Å². The summed E-state index contributed by atoms with van der Waals surface area (Å²) in [6, 6.07) is 0. The van der Waals surface area contributed by atoms with Crippen molar-refractivity contribution in [3.05, 3.63) is 0 Å². The Morgan fingerprint density at radius 1 is 1.09 bits per heavy atom. The van der Waals surface area contributed by atoms with Crippen LogP contribution in [0.25, 0.3) is 0 Å². The van der Waals surface area contributed by atoms with Crippen molar-refractivity contribution in [2.45, 2.75) is 45.4 Å². The number of hydrogen-bond acceptors (Lipinski definition) is 4. The zero-order chi connectivity index (χ0) is 15.8. The van der Waals surface area contributed by atoms with Crippen LogP contribution < -0.4 is 11.1 Å². The lowest BCUT2D eigenvalue weighted by Crippen LogP contribution is -2.48. The SMILES string of the molecule is CCN1CCN(CCNC(=O)CC2(CN)CCCCC2)CC1. The van der Waals surface area contributed by atoms with Crippen LogP contribution in [0.5, 0.6) is 0 Å². The van der Waals surface area contributed by atoms with Gasteiger partial charge in [-0.1, -0.05) is 26.2 Å². The molecule has 5 nitrogen and oxygen atoms in total. The lowest BCUT2D eigenvalue weighted by atomic mass is 9.71. The molecule has 1 saturated heterocycles. The van der Waals surface area contributed by atoms with E-state index in [1.54, 1.807) is 0 Å². The molecule has 1 amide bonds. The first-order valence-electron chi connectivity index (χ1n) is 9.09. The minimum absolute atomic E-state index is 0.0785. The van der Waals surface area contributed by atoms with Crippen LogP contribution in [0.4, 0.5) is 0 Å². The van der Waals surface area contributed by atoms with Crippen LogP contribution in [0.3, 0.4) is 0 Å². The largest absolute Gasteiger partial charge is 0.355 e. The van der Waals surface area contributed by atoms with Crippen LogP contribution >= 0.6 is 0 Å². The van der Waals surface area contributed by atoms with E-state index in [1.807, 2.05) is 0 Å². The highest BCUT2D eigenvalue weighted by molar-refractivity contribution is 5.76. The van der Waals surface area contributed by atoms with Crippen molar-refractivity contribution in [3.63, 3.8) is 0 Å². The minimum Gasteiger partial charge on any atom is -0.355 e. The van der Waals surface area contributed by atoms with Gasteiger partial charge in [-0.2, -0.15) is 0 Å². The average molecular weight is 310 g/mol. The maximum Gasteiger partial charge on any atom is 0.220 e. The number of hydrogen-bond donors (Lipinski definition) is 2. The fourth-order valence-electron chi connectivity index (χ4n) is 3.84. The summed E-state index contributed by atoms with van der Waals surface area (Å²) in [6.07, 6.45) is 6.62. The molecule has 0 atom stereocenters. The number of nitrogens with two attached hydrogens (primary N) is 1. The summed E-state index contributed by atoms with van der Waals surface area (Å²) < 4.78 is 0. The van der Waals surface area contributed by atoms with E-state index in [0.29, 0.717) is 13.0 Å². The van der Waals surface area contributed by atoms with Gasteiger partial charge in [0, 0.05) is 45.7 Å². The summed E-state index contributed by atoms with van der Waals surface area (Å²) in [5, 5.41) is 3.11. The average Bonchev–Trinajstić information content (AvgIpc) is 2.56. The van der Waals surface area contributed by atoms with Crippen molar-refractivity contribution in [3.8, 4) is 0 Å². The van der Waals surface area contributed by atoms with Gasteiger partial charge < -0.3 is 16.0 Å². The van der Waals surface area contributed by atoms with Gasteiger partial charge in [0.2, 0.25) is 5.91 Å². The molecule has 22 heavy (non-hydrogen) atoms. The molecule has 1 aliphatic heterocycles. The highest BCUT2D eigenvalue weighted by Crippen LogP contribution is 2.38. The van der Waals surface area contributed by atoms with Crippen LogP contribution in [-0.4, -0.2) is 68.1 Å². The zero-order valence-corrected chi connectivity index (χ0v) is 14.3. The molecule has 2 fully saturated rings. The zero-order valence-electron chi connectivity index (χ0n) is 14.3. The Morgan fingerprint density at radius 2 is 1.73 bits per heavy atom. The van der Waals surface area contributed by atoms with Gasteiger partial charge in [0.1, 0.15) is 0 Å². The topological polar surface area (TPSA) is 61.6 Å². The fourth-order valence-corrected chi connectivity index (χ4v) is 3.84. The van der Waals surface area contributed by atoms with Crippen molar-refractivity contribution >= 4 is 5.91 Å². The lowest BCUT2D eigenvalue weighted by Gasteiger charge is -2.36. The summed E-state index contributed by atoms with van der Waals surface area (Å²) in [7, 11) is 0. The van der Waals surface area contributed by atoms with Crippen LogP contribution in [0, 0.1) is 5.41 Å². The van der Waals surface area contributed by atoms with E-state index in [0.717, 1.165) is 58.7 Å². The number of carbonyl (C=O) groups is 1. The third kappa shape index (κ3) is 5.21. The quantitative estimate of drug-likeness (QED) is 0.737. The van der Waals surface area contributed by atoms with E-state index in [-0.39, 0.29) is 11.3 Å². The van der Waals surface area contributed by atoms with E-state index in [2.05, 4.69) is 22.0 Å². The Morgan fingerprint density at radius 3 is 2.32 bits per heavy atom. The second-order valence-corrected chi connectivity index (χ2v) is 7.07. The Labute approximate surface area is 135 Å². The number of nitrogens with zero attached hydrogens (tertiary/aromatic N) is 2. The summed E-state index contributed by atoms with van der Waals surface area (Å²) in [5.74, 6) is 0.194. The number of carbonyl (C=O) groups excluding carboxylic acids is 1. The molecule has 5 heteroatoms. The monoisotopic (exact) mass is 310 g/mol. The second kappa shape index (κ2) is 8.85. The standard InChI is InChI=1S/C17H34N4O/c1-2-20-10-12-21(13-11-20)9-8-19-16(22)14-17(15-18)6-4-3-5-7-17/h2-15,18H2,1H3,(H,19,22). The van der Waals surface area contributed by atoms with Gasteiger partial charge in [0.15, 0.2) is 0 Å². The third-order valence-electron chi connectivity index (χ3n) is 5.55. The predicted molar refractivity (Wildman–Crippen MR) is 90.8 cm³/mol. The van der Waals surface area contributed by atoms with E-state index >= 15 is 0 Å². The molecule has 3 N–H and O–H groups in total. The van der Waals surface area contributed by atoms with Gasteiger partial charge in [-0.15, -0.1) is 0 Å². The first-order chi connectivity index (χ1) is 10.7. The molecule has 0 spiro atoms. The minimum atomic E-state index is 0.0785. The summed E-state index contributed by atoms with van der Waals surface area (Å²) in [5.41, 5.74) is 6.04. The maximum atomic E-state index is 12.2. The Balaban J connectivity index is 1.63. The van der Waals surface area contributed by atoms with Crippen LogP contribution in [-0.2, 0) is 4.79 Å². The van der Waals surface area contributed by atoms with E-state index in [9.17, 15) is 4.79 Å². The lowest BCUT2D eigenvalue weighted by molar-refractivity contribution is -0.123. The van der Waals surface area contributed by atoms with Gasteiger partial charge in [0.05, 0.1) is 0 Å². The summed E-state index contributed by atoms with van der Waals surface area (Å²) in [6.45, 7) is 10.3. The van der Waals surface area contributed by atoms with E-state index in [4.69, 9.17) is 5.73 Å². The Kier molecular flexibility index (Phi) is 7.12. The molecule has 0 aromatic heterocycles. The van der Waals surface area contributed by atoms with Crippen molar-refractivity contribution in [1.82, 2.24) is 15.1 Å². The molecule has 2 rings (SSSR count). The number of likely N-dealkylation sites (N-methyl/N-ethyl adjacent to an activating group) is 1. The molecule has 1 heterocycles. The molecular weight excluding hydrogens is 276 g/mol. The van der Waals surface area contributed by atoms with Crippen LogP contribution in [0.15, 0.2) is 0 Å². The first kappa shape index (κ1) is 17.7. The molecule has 0 aromatic carbocycles. The van der Waals surface area contributed by atoms with E-state index in [1.165, 1.54) is 19.3 Å². The summed E-state index contributed by atoms with van der Waals surface area (Å²) >= 11 is 0. The van der Waals surface area contributed by atoms with Crippen molar-refractivity contribution in [2.24, 2.45) is 11.1 Å². The van der Waals surface area contributed by atoms with Gasteiger partial charge in [-0.25, -0.2) is 0 Å². The smallest absolute Gasteiger partial charge is 0.220 e. The number of nitrogens with one attached hydrogen (secondary N) is 1. The van der Waals surface area contributed by atoms with Crippen LogP contribution in [0.2, 0.25) is 0 Å². The second-order valence-electron chi connectivity index (χ2n) is 7.07. The predicted octanol–water partition coefficient (Wildman–Crippen LogP) is 1.04. The van der Waals surface area contributed by atoms with Crippen molar-refractivity contribution < 1.29 is 4.79 Å². The molecular formula is C17H34N4O. The molecule has 1 aliphatic carbocycles. The summed E-state index contributed by atoms with van der Waals surface area (Å²) in [4.78, 5) is 17.1. The van der Waals surface area contributed by atoms with Gasteiger partial charge in [0.25, 0.3) is 0 Å². The normalized spacial score (nSPS) is 23.4.